The molecule has 0 N–H and O–H groups in total. The number of hydrogen-bond acceptors (Lipinski definition) is 3. The van der Waals surface area contributed by atoms with Crippen molar-refractivity contribution in [3.8, 4) is 0 Å². The molecule has 4 fully saturated rings. The first-order valence-corrected chi connectivity index (χ1v) is 10.6. The van der Waals surface area contributed by atoms with E-state index in [4.69, 9.17) is 0 Å². The Hall–Kier alpha value is -1.39. The van der Waals surface area contributed by atoms with Crippen molar-refractivity contribution in [1.29, 1.82) is 0 Å². The van der Waals surface area contributed by atoms with E-state index in [1.165, 1.54) is 38.0 Å². The highest BCUT2D eigenvalue weighted by Crippen LogP contribution is 2.31. The third-order valence-corrected chi connectivity index (χ3v) is 6.71. The molecule has 4 heterocycles. The van der Waals surface area contributed by atoms with Crippen LogP contribution < -0.4 is 0 Å². The Morgan fingerprint density at radius 3 is 2.31 bits per heavy atom. The normalized spacial score (nSPS) is 29.1. The van der Waals surface area contributed by atoms with E-state index in [9.17, 15) is 4.79 Å². The highest BCUT2D eigenvalue weighted by atomic mass is 16.2. The maximum atomic E-state index is 12.5. The molecule has 0 radical (unpaired) electrons. The number of piperidine rings is 3. The molecular weight excluding hydrogens is 322 g/mol. The molecule has 0 saturated carbocycles. The van der Waals surface area contributed by atoms with Gasteiger partial charge in [-0.05, 0) is 56.7 Å². The average Bonchev–Trinajstić information content (AvgIpc) is 2.73. The summed E-state index contributed by atoms with van der Waals surface area (Å²) in [6.45, 7) is 7.89. The van der Waals surface area contributed by atoms with Gasteiger partial charge < -0.3 is 9.80 Å². The summed E-state index contributed by atoms with van der Waals surface area (Å²) >= 11 is 0. The fourth-order valence-electron chi connectivity index (χ4n) is 5.06. The van der Waals surface area contributed by atoms with Crippen LogP contribution in [0.25, 0.3) is 0 Å². The predicted molar refractivity (Wildman–Crippen MR) is 105 cm³/mol. The van der Waals surface area contributed by atoms with Crippen LogP contribution in [-0.2, 0) is 11.2 Å². The van der Waals surface area contributed by atoms with E-state index < -0.39 is 0 Å². The number of rotatable bonds is 6. The number of fused-ring (bicyclic) bond motifs is 3. The number of piperazine rings is 1. The van der Waals surface area contributed by atoms with E-state index in [1.54, 1.807) is 0 Å². The van der Waals surface area contributed by atoms with Crippen molar-refractivity contribution in [1.82, 2.24) is 14.7 Å². The molecular formula is C22H33N3O. The summed E-state index contributed by atoms with van der Waals surface area (Å²) in [6, 6.07) is 11.3. The number of hydrogen-bond donors (Lipinski definition) is 0. The van der Waals surface area contributed by atoms with E-state index >= 15 is 0 Å². The Morgan fingerprint density at radius 1 is 0.923 bits per heavy atom. The molecule has 5 rings (SSSR count). The minimum atomic E-state index is 0.367. The van der Waals surface area contributed by atoms with Gasteiger partial charge in [-0.15, -0.1) is 0 Å². The summed E-state index contributed by atoms with van der Waals surface area (Å²) < 4.78 is 0. The van der Waals surface area contributed by atoms with Gasteiger partial charge in [0.05, 0.1) is 0 Å². The lowest BCUT2D eigenvalue weighted by molar-refractivity contribution is -0.134. The highest BCUT2D eigenvalue weighted by molar-refractivity contribution is 5.76. The summed E-state index contributed by atoms with van der Waals surface area (Å²) in [5.41, 5.74) is 1.38. The number of aryl methyl sites for hydroxylation is 1. The third-order valence-electron chi connectivity index (χ3n) is 6.71. The van der Waals surface area contributed by atoms with Crippen LogP contribution in [-0.4, -0.2) is 72.5 Å². The van der Waals surface area contributed by atoms with E-state index in [0.717, 1.165) is 57.4 Å². The van der Waals surface area contributed by atoms with E-state index in [2.05, 4.69) is 45.0 Å². The van der Waals surface area contributed by atoms with Crippen molar-refractivity contribution < 1.29 is 4.79 Å². The van der Waals surface area contributed by atoms with Crippen LogP contribution >= 0.6 is 0 Å². The van der Waals surface area contributed by atoms with E-state index in [1.807, 2.05) is 0 Å². The Bertz CT molecular complexity index is 574. The molecule has 1 atom stereocenters. The molecule has 4 aliphatic heterocycles. The van der Waals surface area contributed by atoms with Crippen molar-refractivity contribution in [3.05, 3.63) is 35.9 Å². The molecule has 2 bridgehead atoms. The predicted octanol–water partition coefficient (Wildman–Crippen LogP) is 2.64. The van der Waals surface area contributed by atoms with Gasteiger partial charge in [0, 0.05) is 45.2 Å². The van der Waals surface area contributed by atoms with Crippen LogP contribution in [0.3, 0.4) is 0 Å². The van der Waals surface area contributed by atoms with Gasteiger partial charge >= 0.3 is 0 Å². The van der Waals surface area contributed by atoms with E-state index in [-0.39, 0.29) is 0 Å². The number of carbonyl (C=O) groups is 1. The fraction of sp³-hybridized carbons (Fsp3) is 0.682. The number of benzene rings is 1. The first-order chi connectivity index (χ1) is 12.8. The lowest BCUT2D eigenvalue weighted by Crippen LogP contribution is -2.61. The number of carbonyl (C=O) groups excluding carboxylic acids is 1. The standard InChI is InChI=1S/C22H33N3O/c26-22(9-5-4-8-19-6-2-1-3-7-19)25-16-14-24(15-17-25)21-18-23-12-10-20(21)11-13-23/h1-3,6-7,20-21H,4-5,8-18H2. The quantitative estimate of drug-likeness (QED) is 0.734. The second-order valence-corrected chi connectivity index (χ2v) is 8.31. The minimum Gasteiger partial charge on any atom is -0.340 e. The molecule has 0 aliphatic carbocycles. The first-order valence-electron chi connectivity index (χ1n) is 10.6. The lowest BCUT2D eigenvalue weighted by Gasteiger charge is -2.51. The van der Waals surface area contributed by atoms with Gasteiger partial charge in [-0.25, -0.2) is 0 Å². The second kappa shape index (κ2) is 8.53. The van der Waals surface area contributed by atoms with Gasteiger partial charge in [0.2, 0.25) is 5.91 Å². The Morgan fingerprint density at radius 2 is 1.65 bits per heavy atom. The van der Waals surface area contributed by atoms with Crippen LogP contribution in [0.15, 0.2) is 30.3 Å². The molecule has 26 heavy (non-hydrogen) atoms. The van der Waals surface area contributed by atoms with Crippen molar-refractivity contribution in [2.75, 3.05) is 45.8 Å². The summed E-state index contributed by atoms with van der Waals surface area (Å²) in [7, 11) is 0. The van der Waals surface area contributed by atoms with E-state index in [0.29, 0.717) is 12.3 Å². The molecule has 1 amide bonds. The third kappa shape index (κ3) is 4.29. The van der Waals surface area contributed by atoms with Crippen LogP contribution in [0.5, 0.6) is 0 Å². The zero-order chi connectivity index (χ0) is 17.8. The zero-order valence-corrected chi connectivity index (χ0v) is 16.0. The maximum Gasteiger partial charge on any atom is 0.222 e. The van der Waals surface area contributed by atoms with Gasteiger partial charge in [-0.1, -0.05) is 30.3 Å². The highest BCUT2D eigenvalue weighted by Gasteiger charge is 2.38. The van der Waals surface area contributed by atoms with Crippen LogP contribution in [0.1, 0.15) is 37.7 Å². The Labute approximate surface area is 158 Å². The molecule has 4 aliphatic rings. The minimum absolute atomic E-state index is 0.367. The van der Waals surface area contributed by atoms with Gasteiger partial charge in [-0.2, -0.15) is 0 Å². The van der Waals surface area contributed by atoms with Crippen molar-refractivity contribution >= 4 is 5.91 Å². The van der Waals surface area contributed by atoms with Gasteiger partial charge in [0.15, 0.2) is 0 Å². The van der Waals surface area contributed by atoms with Crippen molar-refractivity contribution in [2.24, 2.45) is 5.92 Å². The van der Waals surface area contributed by atoms with Crippen LogP contribution in [0, 0.1) is 5.92 Å². The van der Waals surface area contributed by atoms with Crippen LogP contribution in [0.2, 0.25) is 0 Å². The molecule has 4 heteroatoms. The number of unbranched alkanes of at least 4 members (excludes halogenated alkanes) is 1. The Kier molecular flexibility index (Phi) is 5.91. The molecule has 0 aromatic heterocycles. The molecule has 1 aromatic carbocycles. The fourth-order valence-corrected chi connectivity index (χ4v) is 5.06. The maximum absolute atomic E-state index is 12.5. The van der Waals surface area contributed by atoms with Gasteiger partial charge in [-0.3, -0.25) is 9.69 Å². The van der Waals surface area contributed by atoms with Crippen LogP contribution in [0.4, 0.5) is 0 Å². The van der Waals surface area contributed by atoms with Crippen molar-refractivity contribution in [2.45, 2.75) is 44.6 Å². The summed E-state index contributed by atoms with van der Waals surface area (Å²) in [5, 5.41) is 0. The summed E-state index contributed by atoms with van der Waals surface area (Å²) in [6.07, 6.45) is 6.67. The number of nitrogens with zero attached hydrogens (tertiary/aromatic N) is 3. The first kappa shape index (κ1) is 18.0. The second-order valence-electron chi connectivity index (χ2n) is 8.31. The largest absolute Gasteiger partial charge is 0.340 e. The molecule has 1 unspecified atom stereocenters. The monoisotopic (exact) mass is 355 g/mol. The summed E-state index contributed by atoms with van der Waals surface area (Å²) in [5.74, 6) is 1.27. The van der Waals surface area contributed by atoms with Gasteiger partial charge in [0.25, 0.3) is 0 Å². The van der Waals surface area contributed by atoms with Crippen molar-refractivity contribution in [3.63, 3.8) is 0 Å². The molecule has 1 aromatic rings. The molecule has 4 saturated heterocycles. The topological polar surface area (TPSA) is 26.8 Å². The molecule has 4 nitrogen and oxygen atoms in total. The average molecular weight is 356 g/mol. The SMILES string of the molecule is O=C(CCCCc1ccccc1)N1CCN(C2CN3CCC2CC3)CC1. The lowest BCUT2D eigenvalue weighted by atomic mass is 9.83. The Balaban J connectivity index is 1.16. The molecule has 142 valence electrons. The molecule has 0 spiro atoms. The smallest absolute Gasteiger partial charge is 0.222 e. The van der Waals surface area contributed by atoms with Gasteiger partial charge in [0.1, 0.15) is 0 Å². The number of amides is 1. The zero-order valence-electron chi connectivity index (χ0n) is 16.0. The summed E-state index contributed by atoms with van der Waals surface area (Å²) in [4.78, 5) is 19.9.